The molecule has 3 aromatic rings. The number of imidazole rings is 1. The number of halogens is 2. The van der Waals surface area contributed by atoms with Gasteiger partial charge in [0.2, 0.25) is 0 Å². The van der Waals surface area contributed by atoms with Crippen molar-refractivity contribution in [1.82, 2.24) is 14.5 Å². The smallest absolute Gasteiger partial charge is 0.164 e. The summed E-state index contributed by atoms with van der Waals surface area (Å²) in [6.45, 7) is 1.90. The first-order valence-electron chi connectivity index (χ1n) is 6.43. The summed E-state index contributed by atoms with van der Waals surface area (Å²) < 4.78 is 8.19. The molecule has 1 unspecified atom stereocenters. The van der Waals surface area contributed by atoms with Gasteiger partial charge in [0.1, 0.15) is 17.1 Å². The maximum absolute atomic E-state index is 6.30. The van der Waals surface area contributed by atoms with Gasteiger partial charge in [0.25, 0.3) is 0 Å². The molecular formula is C15H13BrClN3O. The minimum Gasteiger partial charge on any atom is -0.497 e. The number of pyridine rings is 1. The number of hydrogen-bond acceptors (Lipinski definition) is 3. The van der Waals surface area contributed by atoms with Gasteiger partial charge in [0, 0.05) is 16.7 Å². The Bertz CT molecular complexity index is 801. The fraction of sp³-hybridized carbons (Fsp3) is 0.200. The molecule has 6 heteroatoms. The molecule has 108 valence electrons. The second-order valence-electron chi connectivity index (χ2n) is 4.58. The largest absolute Gasteiger partial charge is 0.497 e. The number of rotatable bonds is 3. The Hall–Kier alpha value is -1.59. The van der Waals surface area contributed by atoms with E-state index in [2.05, 4.69) is 25.9 Å². The van der Waals surface area contributed by atoms with Crippen molar-refractivity contribution in [3.63, 3.8) is 0 Å². The summed E-state index contributed by atoms with van der Waals surface area (Å²) in [5.74, 6) is 1.51. The minimum absolute atomic E-state index is 0.239. The van der Waals surface area contributed by atoms with Crippen molar-refractivity contribution in [2.24, 2.45) is 0 Å². The third kappa shape index (κ3) is 2.51. The van der Waals surface area contributed by atoms with Crippen LogP contribution in [0.1, 0.15) is 18.1 Å². The zero-order valence-electron chi connectivity index (χ0n) is 11.5. The molecule has 0 aliphatic carbocycles. The van der Waals surface area contributed by atoms with E-state index in [1.54, 1.807) is 13.3 Å². The number of aromatic nitrogens is 3. The molecule has 0 bridgehead atoms. The molecule has 1 atom stereocenters. The van der Waals surface area contributed by atoms with Crippen molar-refractivity contribution in [2.45, 2.75) is 12.3 Å². The van der Waals surface area contributed by atoms with E-state index < -0.39 is 0 Å². The van der Waals surface area contributed by atoms with Crippen LogP contribution in [0.5, 0.6) is 5.75 Å². The summed E-state index contributed by atoms with van der Waals surface area (Å²) in [4.78, 5) is 9.03. The van der Waals surface area contributed by atoms with Gasteiger partial charge in [0.05, 0.1) is 18.2 Å². The van der Waals surface area contributed by atoms with Gasteiger partial charge in [-0.2, -0.15) is 0 Å². The molecule has 0 saturated heterocycles. The maximum atomic E-state index is 6.30. The summed E-state index contributed by atoms with van der Waals surface area (Å²) in [5, 5.41) is -0.239. The summed E-state index contributed by atoms with van der Waals surface area (Å²) in [6, 6.07) is 9.55. The normalized spacial score (nSPS) is 12.6. The third-order valence-corrected chi connectivity index (χ3v) is 4.06. The molecule has 0 amide bonds. The highest BCUT2D eigenvalue weighted by Gasteiger charge is 2.19. The molecule has 0 N–H and O–H groups in total. The van der Waals surface area contributed by atoms with Gasteiger partial charge >= 0.3 is 0 Å². The summed E-state index contributed by atoms with van der Waals surface area (Å²) >= 11 is 9.87. The summed E-state index contributed by atoms with van der Waals surface area (Å²) in [6.07, 6.45) is 1.75. The highest BCUT2D eigenvalue weighted by atomic mass is 79.9. The number of benzene rings is 1. The molecule has 0 saturated carbocycles. The van der Waals surface area contributed by atoms with Crippen LogP contribution in [0.3, 0.4) is 0 Å². The maximum Gasteiger partial charge on any atom is 0.164 e. The van der Waals surface area contributed by atoms with Crippen LogP contribution in [0.2, 0.25) is 0 Å². The van der Waals surface area contributed by atoms with E-state index in [9.17, 15) is 0 Å². The summed E-state index contributed by atoms with van der Waals surface area (Å²) in [7, 11) is 1.64. The molecule has 4 nitrogen and oxygen atoms in total. The molecule has 1 aromatic carbocycles. The molecule has 2 aromatic heterocycles. The van der Waals surface area contributed by atoms with Crippen molar-refractivity contribution >= 4 is 38.7 Å². The van der Waals surface area contributed by atoms with E-state index in [0.29, 0.717) is 0 Å². The number of fused-ring (bicyclic) bond motifs is 1. The first-order chi connectivity index (χ1) is 10.1. The topological polar surface area (TPSA) is 39.9 Å². The molecule has 0 spiro atoms. The Morgan fingerprint density at radius 1 is 1.33 bits per heavy atom. The Balaban J connectivity index is 2.35. The zero-order chi connectivity index (χ0) is 15.0. The Kier molecular flexibility index (Phi) is 3.87. The lowest BCUT2D eigenvalue weighted by Crippen LogP contribution is -2.04. The average Bonchev–Trinajstić information content (AvgIpc) is 2.87. The number of alkyl halides is 1. The van der Waals surface area contributed by atoms with Crippen LogP contribution < -0.4 is 4.74 Å². The van der Waals surface area contributed by atoms with Gasteiger partial charge in [-0.15, -0.1) is 11.6 Å². The zero-order valence-corrected chi connectivity index (χ0v) is 13.9. The first-order valence-corrected chi connectivity index (χ1v) is 7.66. The fourth-order valence-electron chi connectivity index (χ4n) is 2.23. The van der Waals surface area contributed by atoms with Crippen LogP contribution in [-0.4, -0.2) is 21.6 Å². The van der Waals surface area contributed by atoms with Gasteiger partial charge in [-0.05, 0) is 47.1 Å². The molecule has 3 rings (SSSR count). The van der Waals surface area contributed by atoms with Crippen LogP contribution in [0, 0.1) is 0 Å². The second kappa shape index (κ2) is 5.66. The number of hydrogen-bond donors (Lipinski definition) is 0. The average molecular weight is 367 g/mol. The van der Waals surface area contributed by atoms with Gasteiger partial charge < -0.3 is 4.74 Å². The predicted octanol–water partition coefficient (Wildman–Crippen LogP) is 4.49. The van der Waals surface area contributed by atoms with Gasteiger partial charge in [-0.1, -0.05) is 0 Å². The molecule has 2 heterocycles. The fourth-order valence-corrected chi connectivity index (χ4v) is 2.80. The van der Waals surface area contributed by atoms with Crippen molar-refractivity contribution in [2.75, 3.05) is 7.11 Å². The van der Waals surface area contributed by atoms with Crippen molar-refractivity contribution in [3.8, 4) is 11.4 Å². The number of nitrogens with zero attached hydrogens (tertiary/aromatic N) is 3. The molecule has 0 aliphatic heterocycles. The molecule has 0 aliphatic rings. The van der Waals surface area contributed by atoms with Crippen molar-refractivity contribution in [1.29, 1.82) is 0 Å². The standard InChI is InChI=1S/C15H13BrClN3O/c1-9(17)14-19-12-4-3-7-18-15(12)20(14)13-8-10(21-2)5-6-11(13)16/h3-9H,1-2H3. The lowest BCUT2D eigenvalue weighted by molar-refractivity contribution is 0.414. The van der Waals surface area contributed by atoms with Crippen molar-refractivity contribution < 1.29 is 4.74 Å². The van der Waals surface area contributed by atoms with E-state index in [0.717, 1.165) is 32.9 Å². The van der Waals surface area contributed by atoms with E-state index >= 15 is 0 Å². The Morgan fingerprint density at radius 2 is 2.14 bits per heavy atom. The second-order valence-corrected chi connectivity index (χ2v) is 6.09. The Labute approximate surface area is 135 Å². The molecule has 0 radical (unpaired) electrons. The number of ether oxygens (including phenoxy) is 1. The third-order valence-electron chi connectivity index (χ3n) is 3.19. The van der Waals surface area contributed by atoms with Crippen LogP contribution in [-0.2, 0) is 0 Å². The highest BCUT2D eigenvalue weighted by Crippen LogP contribution is 2.32. The van der Waals surface area contributed by atoms with E-state index in [1.807, 2.05) is 41.8 Å². The predicted molar refractivity (Wildman–Crippen MR) is 87.4 cm³/mol. The quantitative estimate of drug-likeness (QED) is 0.641. The number of methoxy groups -OCH3 is 1. The molecular weight excluding hydrogens is 354 g/mol. The lowest BCUT2D eigenvalue weighted by atomic mass is 10.3. The first kappa shape index (κ1) is 14.4. The minimum atomic E-state index is -0.239. The highest BCUT2D eigenvalue weighted by molar-refractivity contribution is 9.10. The van der Waals surface area contributed by atoms with E-state index in [-0.39, 0.29) is 5.38 Å². The van der Waals surface area contributed by atoms with E-state index in [4.69, 9.17) is 16.3 Å². The lowest BCUT2D eigenvalue weighted by Gasteiger charge is -2.13. The Morgan fingerprint density at radius 3 is 2.86 bits per heavy atom. The molecule has 0 fully saturated rings. The monoisotopic (exact) mass is 365 g/mol. The van der Waals surface area contributed by atoms with Gasteiger partial charge in [0.15, 0.2) is 5.65 Å². The van der Waals surface area contributed by atoms with Crippen LogP contribution >= 0.6 is 27.5 Å². The SMILES string of the molecule is COc1ccc(Br)c(-n2c(C(C)Cl)nc3cccnc32)c1. The van der Waals surface area contributed by atoms with Crippen LogP contribution in [0.4, 0.5) is 0 Å². The molecule has 21 heavy (non-hydrogen) atoms. The van der Waals surface area contributed by atoms with E-state index in [1.165, 1.54) is 0 Å². The van der Waals surface area contributed by atoms with Crippen LogP contribution in [0.15, 0.2) is 41.0 Å². The van der Waals surface area contributed by atoms with Crippen molar-refractivity contribution in [3.05, 3.63) is 46.8 Å². The summed E-state index contributed by atoms with van der Waals surface area (Å²) in [5.41, 5.74) is 2.49. The van der Waals surface area contributed by atoms with Crippen LogP contribution in [0.25, 0.3) is 16.9 Å². The van der Waals surface area contributed by atoms with Gasteiger partial charge in [-0.25, -0.2) is 9.97 Å². The van der Waals surface area contributed by atoms with Gasteiger partial charge in [-0.3, -0.25) is 4.57 Å².